The van der Waals surface area contributed by atoms with E-state index in [1.54, 1.807) is 0 Å². The van der Waals surface area contributed by atoms with Gasteiger partial charge in [0.25, 0.3) is 5.91 Å². The highest BCUT2D eigenvalue weighted by molar-refractivity contribution is 6.06. The lowest BCUT2D eigenvalue weighted by atomic mass is 9.98. The van der Waals surface area contributed by atoms with E-state index in [2.05, 4.69) is 12.2 Å². The molecule has 1 aliphatic rings. The van der Waals surface area contributed by atoms with Gasteiger partial charge in [0, 0.05) is 29.9 Å². The van der Waals surface area contributed by atoms with Crippen LogP contribution in [-0.2, 0) is 11.2 Å². The summed E-state index contributed by atoms with van der Waals surface area (Å²) >= 11 is 0. The summed E-state index contributed by atoms with van der Waals surface area (Å²) in [5.41, 5.74) is 6.73. The zero-order valence-corrected chi connectivity index (χ0v) is 16.0. The van der Waals surface area contributed by atoms with E-state index in [-0.39, 0.29) is 11.8 Å². The van der Waals surface area contributed by atoms with E-state index in [9.17, 15) is 9.59 Å². The van der Waals surface area contributed by atoms with E-state index >= 15 is 0 Å². The number of benzene rings is 2. The van der Waals surface area contributed by atoms with Crippen LogP contribution in [0, 0.1) is 20.8 Å². The van der Waals surface area contributed by atoms with Crippen LogP contribution in [0.2, 0.25) is 0 Å². The standard InChI is InChI=1S/C22H26N2O2/c1-5-10-24-19-8-7-18(13-17(19)6-9-20(24)25)23-22(26)21-15(3)11-14(2)12-16(21)4/h7-8,11-13H,5-6,9-10H2,1-4H3,(H,23,26). The van der Waals surface area contributed by atoms with Crippen LogP contribution < -0.4 is 10.2 Å². The Balaban J connectivity index is 1.86. The number of carbonyl (C=O) groups is 2. The van der Waals surface area contributed by atoms with Crippen LogP contribution in [0.15, 0.2) is 30.3 Å². The summed E-state index contributed by atoms with van der Waals surface area (Å²) in [7, 11) is 0. The van der Waals surface area contributed by atoms with Gasteiger partial charge in [0.15, 0.2) is 0 Å². The Labute approximate surface area is 155 Å². The Morgan fingerprint density at radius 3 is 2.42 bits per heavy atom. The van der Waals surface area contributed by atoms with Crippen LogP contribution in [-0.4, -0.2) is 18.4 Å². The molecule has 4 nitrogen and oxygen atoms in total. The SMILES string of the molecule is CCCN1C(=O)CCc2cc(NC(=O)c3c(C)cc(C)cc3C)ccc21. The van der Waals surface area contributed by atoms with Gasteiger partial charge in [-0.05, 0) is 68.5 Å². The highest BCUT2D eigenvalue weighted by atomic mass is 16.2. The highest BCUT2D eigenvalue weighted by Gasteiger charge is 2.24. The predicted octanol–water partition coefficient (Wildman–Crippen LogP) is 4.55. The number of hydrogen-bond donors (Lipinski definition) is 1. The molecule has 2 aromatic rings. The van der Waals surface area contributed by atoms with Gasteiger partial charge in [-0.2, -0.15) is 0 Å². The summed E-state index contributed by atoms with van der Waals surface area (Å²) in [6.07, 6.45) is 2.18. The van der Waals surface area contributed by atoms with E-state index in [0.717, 1.165) is 58.6 Å². The number of rotatable bonds is 4. The fraction of sp³-hybridized carbons (Fsp3) is 0.364. The van der Waals surface area contributed by atoms with Crippen molar-refractivity contribution in [2.45, 2.75) is 47.0 Å². The van der Waals surface area contributed by atoms with Crippen molar-refractivity contribution in [1.82, 2.24) is 0 Å². The van der Waals surface area contributed by atoms with Crippen LogP contribution >= 0.6 is 0 Å². The second-order valence-electron chi connectivity index (χ2n) is 7.12. The van der Waals surface area contributed by atoms with Gasteiger partial charge in [-0.3, -0.25) is 9.59 Å². The van der Waals surface area contributed by atoms with Crippen molar-refractivity contribution in [2.75, 3.05) is 16.8 Å². The average molecular weight is 350 g/mol. The summed E-state index contributed by atoms with van der Waals surface area (Å²) < 4.78 is 0. The molecule has 0 aromatic heterocycles. The quantitative estimate of drug-likeness (QED) is 0.879. The Morgan fingerprint density at radius 1 is 1.08 bits per heavy atom. The topological polar surface area (TPSA) is 49.4 Å². The molecule has 4 heteroatoms. The van der Waals surface area contributed by atoms with E-state index in [1.165, 1.54) is 0 Å². The van der Waals surface area contributed by atoms with Crippen molar-refractivity contribution in [2.24, 2.45) is 0 Å². The van der Waals surface area contributed by atoms with E-state index < -0.39 is 0 Å². The van der Waals surface area contributed by atoms with Gasteiger partial charge >= 0.3 is 0 Å². The highest BCUT2D eigenvalue weighted by Crippen LogP contribution is 2.31. The Bertz CT molecular complexity index is 847. The first-order valence-electron chi connectivity index (χ1n) is 9.23. The molecule has 0 saturated carbocycles. The number of hydrogen-bond acceptors (Lipinski definition) is 2. The summed E-state index contributed by atoms with van der Waals surface area (Å²) in [4.78, 5) is 26.8. The molecule has 0 radical (unpaired) electrons. The molecule has 0 bridgehead atoms. The third-order valence-corrected chi connectivity index (χ3v) is 4.89. The second kappa shape index (κ2) is 7.32. The molecule has 0 unspecified atom stereocenters. The van der Waals surface area contributed by atoms with Crippen molar-refractivity contribution in [3.63, 3.8) is 0 Å². The molecule has 1 aliphatic heterocycles. The Morgan fingerprint density at radius 2 is 1.77 bits per heavy atom. The first-order chi connectivity index (χ1) is 12.4. The molecule has 1 N–H and O–H groups in total. The fourth-order valence-corrected chi connectivity index (χ4v) is 3.84. The molecular weight excluding hydrogens is 324 g/mol. The average Bonchev–Trinajstić information content (AvgIpc) is 2.56. The number of fused-ring (bicyclic) bond motifs is 1. The van der Waals surface area contributed by atoms with Crippen molar-refractivity contribution in [3.8, 4) is 0 Å². The molecular formula is C22H26N2O2. The predicted molar refractivity (Wildman–Crippen MR) is 106 cm³/mol. The van der Waals surface area contributed by atoms with E-state index in [0.29, 0.717) is 6.42 Å². The molecule has 136 valence electrons. The monoisotopic (exact) mass is 350 g/mol. The van der Waals surface area contributed by atoms with Crippen molar-refractivity contribution in [3.05, 3.63) is 58.1 Å². The van der Waals surface area contributed by atoms with Gasteiger partial charge in [0.05, 0.1) is 0 Å². The van der Waals surface area contributed by atoms with Gasteiger partial charge in [-0.1, -0.05) is 24.6 Å². The van der Waals surface area contributed by atoms with Crippen molar-refractivity contribution >= 4 is 23.2 Å². The molecule has 0 saturated heterocycles. The van der Waals surface area contributed by atoms with E-state index in [4.69, 9.17) is 0 Å². The Kier molecular flexibility index (Phi) is 5.12. The number of amides is 2. The summed E-state index contributed by atoms with van der Waals surface area (Å²) in [6, 6.07) is 9.90. The smallest absolute Gasteiger partial charge is 0.256 e. The van der Waals surface area contributed by atoms with Crippen molar-refractivity contribution in [1.29, 1.82) is 0 Å². The van der Waals surface area contributed by atoms with Crippen LogP contribution in [0.3, 0.4) is 0 Å². The number of anilines is 2. The number of nitrogens with zero attached hydrogens (tertiary/aromatic N) is 1. The maximum atomic E-state index is 12.8. The second-order valence-corrected chi connectivity index (χ2v) is 7.12. The van der Waals surface area contributed by atoms with Gasteiger partial charge < -0.3 is 10.2 Å². The van der Waals surface area contributed by atoms with Gasteiger partial charge in [-0.25, -0.2) is 0 Å². The van der Waals surface area contributed by atoms with Crippen LogP contribution in [0.25, 0.3) is 0 Å². The zero-order chi connectivity index (χ0) is 18.8. The fourth-order valence-electron chi connectivity index (χ4n) is 3.84. The normalized spacial score (nSPS) is 13.5. The van der Waals surface area contributed by atoms with Gasteiger partial charge in [0.2, 0.25) is 5.91 Å². The first kappa shape index (κ1) is 18.2. The number of carbonyl (C=O) groups excluding carboxylic acids is 2. The summed E-state index contributed by atoms with van der Waals surface area (Å²) in [6.45, 7) is 8.78. The Hall–Kier alpha value is -2.62. The molecule has 0 atom stereocenters. The van der Waals surface area contributed by atoms with Crippen LogP contribution in [0.5, 0.6) is 0 Å². The molecule has 1 heterocycles. The van der Waals surface area contributed by atoms with Crippen LogP contribution in [0.1, 0.15) is 52.4 Å². The molecule has 0 fully saturated rings. The van der Waals surface area contributed by atoms with Crippen LogP contribution in [0.4, 0.5) is 11.4 Å². The lowest BCUT2D eigenvalue weighted by Gasteiger charge is -2.29. The zero-order valence-electron chi connectivity index (χ0n) is 16.0. The maximum absolute atomic E-state index is 12.8. The third-order valence-electron chi connectivity index (χ3n) is 4.89. The minimum Gasteiger partial charge on any atom is -0.322 e. The van der Waals surface area contributed by atoms with Gasteiger partial charge in [0.1, 0.15) is 0 Å². The molecule has 0 spiro atoms. The van der Waals surface area contributed by atoms with E-state index in [1.807, 2.05) is 56.0 Å². The summed E-state index contributed by atoms with van der Waals surface area (Å²) in [5.74, 6) is 0.0966. The lowest BCUT2D eigenvalue weighted by molar-refractivity contribution is -0.118. The molecule has 2 aromatic carbocycles. The molecule has 26 heavy (non-hydrogen) atoms. The number of nitrogens with one attached hydrogen (secondary N) is 1. The van der Waals surface area contributed by atoms with Crippen molar-refractivity contribution < 1.29 is 9.59 Å². The maximum Gasteiger partial charge on any atom is 0.256 e. The summed E-state index contributed by atoms with van der Waals surface area (Å²) in [5, 5.41) is 3.03. The largest absolute Gasteiger partial charge is 0.322 e. The number of aryl methyl sites for hydroxylation is 4. The van der Waals surface area contributed by atoms with Gasteiger partial charge in [-0.15, -0.1) is 0 Å². The minimum absolute atomic E-state index is 0.0859. The lowest BCUT2D eigenvalue weighted by Crippen LogP contribution is -2.35. The molecule has 0 aliphatic carbocycles. The third kappa shape index (κ3) is 3.50. The first-order valence-corrected chi connectivity index (χ1v) is 9.23. The minimum atomic E-state index is -0.0859. The molecule has 2 amide bonds. The molecule has 3 rings (SSSR count).